The number of nitrogens with zero attached hydrogens (tertiary/aromatic N) is 1. The van der Waals surface area contributed by atoms with Gasteiger partial charge in [0.15, 0.2) is 24.7 Å². The normalized spacial score (nSPS) is 10.5. The number of aliphatic carboxylic acids is 1. The van der Waals surface area contributed by atoms with Crippen LogP contribution in [0.1, 0.15) is 11.1 Å². The molecule has 30 heavy (non-hydrogen) atoms. The monoisotopic (exact) mass is 476 g/mol. The molecule has 0 saturated heterocycles. The van der Waals surface area contributed by atoms with Crippen molar-refractivity contribution in [1.29, 1.82) is 0 Å². The Kier molecular flexibility index (Phi) is 8.89. The van der Waals surface area contributed by atoms with E-state index in [1.807, 2.05) is 6.07 Å². The van der Waals surface area contributed by atoms with Crippen LogP contribution in [0.15, 0.2) is 58.6 Å². The molecule has 0 heterocycles. The molecule has 9 heteroatoms. The molecule has 0 atom stereocenters. The summed E-state index contributed by atoms with van der Waals surface area (Å²) in [5.41, 5.74) is 3.69. The van der Waals surface area contributed by atoms with Gasteiger partial charge in [0.1, 0.15) is 5.75 Å². The molecule has 0 aliphatic rings. The highest BCUT2D eigenvalue weighted by Crippen LogP contribution is 2.33. The van der Waals surface area contributed by atoms with Crippen LogP contribution in [-0.2, 0) is 16.0 Å². The minimum atomic E-state index is -1.10. The molecule has 0 aliphatic heterocycles. The molecule has 0 saturated carbocycles. The van der Waals surface area contributed by atoms with Crippen LogP contribution in [0.5, 0.6) is 17.2 Å². The lowest BCUT2D eigenvalue weighted by molar-refractivity contribution is -0.139. The van der Waals surface area contributed by atoms with Gasteiger partial charge in [-0.25, -0.2) is 10.2 Å². The number of rotatable bonds is 11. The van der Waals surface area contributed by atoms with Crippen molar-refractivity contribution in [3.8, 4) is 17.2 Å². The standard InChI is InChI=1S/C21H21BrN2O6/c1-3-5-15-8-14(9-18(28-2)21(15)30-13-20(26)27)11-23-24-19(25)12-29-17-7-4-6-16(22)10-17/h3-4,6-11H,1,5,12-13H2,2H3,(H,24,25)(H,26,27)/b23-11+. The maximum absolute atomic E-state index is 11.9. The van der Waals surface area contributed by atoms with Gasteiger partial charge in [0, 0.05) is 10.0 Å². The topological polar surface area (TPSA) is 106 Å². The number of carboxylic acids is 1. The molecule has 2 aromatic carbocycles. The van der Waals surface area contributed by atoms with E-state index in [4.69, 9.17) is 19.3 Å². The third-order valence-corrected chi connectivity index (χ3v) is 4.14. The summed E-state index contributed by atoms with van der Waals surface area (Å²) in [6.07, 6.45) is 3.53. The summed E-state index contributed by atoms with van der Waals surface area (Å²) in [5.74, 6) is -0.296. The van der Waals surface area contributed by atoms with Crippen molar-refractivity contribution in [3.05, 3.63) is 64.7 Å². The molecule has 0 fully saturated rings. The molecular formula is C21H21BrN2O6. The Morgan fingerprint density at radius 1 is 1.23 bits per heavy atom. The number of allylic oxidation sites excluding steroid dienone is 1. The van der Waals surface area contributed by atoms with Gasteiger partial charge in [-0.1, -0.05) is 28.1 Å². The number of amides is 1. The fourth-order valence-electron chi connectivity index (χ4n) is 2.43. The number of hydrogen-bond donors (Lipinski definition) is 2. The summed E-state index contributed by atoms with van der Waals surface area (Å²) in [6.45, 7) is 3.00. The molecular weight excluding hydrogens is 456 g/mol. The lowest BCUT2D eigenvalue weighted by atomic mass is 10.1. The Labute approximate surface area is 182 Å². The number of benzene rings is 2. The average molecular weight is 477 g/mol. The number of methoxy groups -OCH3 is 1. The van der Waals surface area contributed by atoms with Gasteiger partial charge in [0.2, 0.25) is 0 Å². The lowest BCUT2D eigenvalue weighted by Crippen LogP contribution is -2.24. The first-order valence-corrected chi connectivity index (χ1v) is 9.59. The van der Waals surface area contributed by atoms with Gasteiger partial charge in [-0.05, 0) is 42.3 Å². The van der Waals surface area contributed by atoms with Gasteiger partial charge in [0.25, 0.3) is 5.91 Å². The smallest absolute Gasteiger partial charge is 0.341 e. The Hall–Kier alpha value is -3.33. The zero-order chi connectivity index (χ0) is 21.9. The van der Waals surface area contributed by atoms with Gasteiger partial charge >= 0.3 is 5.97 Å². The van der Waals surface area contributed by atoms with Gasteiger partial charge in [-0.15, -0.1) is 6.58 Å². The van der Waals surface area contributed by atoms with Crippen LogP contribution < -0.4 is 19.6 Å². The molecule has 2 aromatic rings. The summed E-state index contributed by atoms with van der Waals surface area (Å²) in [4.78, 5) is 22.7. The van der Waals surface area contributed by atoms with Gasteiger partial charge in [-0.3, -0.25) is 4.79 Å². The number of hydrazone groups is 1. The van der Waals surface area contributed by atoms with E-state index in [0.29, 0.717) is 34.8 Å². The molecule has 8 nitrogen and oxygen atoms in total. The van der Waals surface area contributed by atoms with Crippen LogP contribution in [0.2, 0.25) is 0 Å². The number of carbonyl (C=O) groups is 2. The molecule has 0 aromatic heterocycles. The summed E-state index contributed by atoms with van der Waals surface area (Å²) < 4.78 is 16.9. The van der Waals surface area contributed by atoms with Crippen LogP contribution in [-0.4, -0.2) is 43.5 Å². The van der Waals surface area contributed by atoms with Crippen LogP contribution in [0.25, 0.3) is 0 Å². The number of nitrogens with one attached hydrogen (secondary N) is 1. The van der Waals surface area contributed by atoms with E-state index in [-0.39, 0.29) is 6.61 Å². The van der Waals surface area contributed by atoms with E-state index in [2.05, 4.69) is 33.0 Å². The SMILES string of the molecule is C=CCc1cc(/C=N/NC(=O)COc2cccc(Br)c2)cc(OC)c1OCC(=O)O. The number of carboxylic acid groups (broad SMARTS) is 1. The molecule has 1 amide bonds. The summed E-state index contributed by atoms with van der Waals surface area (Å²) in [6, 6.07) is 10.5. The third kappa shape index (κ3) is 7.25. The Balaban J connectivity index is 2.04. The number of carbonyl (C=O) groups excluding carboxylic acids is 1. The number of halogens is 1. The van der Waals surface area contributed by atoms with E-state index >= 15 is 0 Å². The fourth-order valence-corrected chi connectivity index (χ4v) is 2.81. The first-order valence-electron chi connectivity index (χ1n) is 8.79. The van der Waals surface area contributed by atoms with Gasteiger partial charge in [-0.2, -0.15) is 5.10 Å². The molecule has 0 aliphatic carbocycles. The lowest BCUT2D eigenvalue weighted by Gasteiger charge is -2.14. The number of ether oxygens (including phenoxy) is 3. The third-order valence-electron chi connectivity index (χ3n) is 3.65. The second-order valence-corrected chi connectivity index (χ2v) is 6.84. The van der Waals surface area contributed by atoms with Crippen molar-refractivity contribution in [1.82, 2.24) is 5.43 Å². The summed E-state index contributed by atoms with van der Waals surface area (Å²) >= 11 is 3.33. The van der Waals surface area contributed by atoms with Crippen molar-refractivity contribution in [3.63, 3.8) is 0 Å². The molecule has 2 N–H and O–H groups in total. The zero-order valence-electron chi connectivity index (χ0n) is 16.3. The minimum Gasteiger partial charge on any atom is -0.493 e. The van der Waals surface area contributed by atoms with Crippen molar-refractivity contribution in [2.24, 2.45) is 5.10 Å². The van der Waals surface area contributed by atoms with Crippen molar-refractivity contribution >= 4 is 34.0 Å². The van der Waals surface area contributed by atoms with Crippen molar-refractivity contribution in [2.75, 3.05) is 20.3 Å². The highest BCUT2D eigenvalue weighted by molar-refractivity contribution is 9.10. The molecule has 0 unspecified atom stereocenters. The average Bonchev–Trinajstić information content (AvgIpc) is 2.71. The van der Waals surface area contributed by atoms with Crippen LogP contribution >= 0.6 is 15.9 Å². The van der Waals surface area contributed by atoms with E-state index in [9.17, 15) is 9.59 Å². The van der Waals surface area contributed by atoms with Gasteiger partial charge in [0.05, 0.1) is 13.3 Å². The Morgan fingerprint density at radius 3 is 2.70 bits per heavy atom. The summed E-state index contributed by atoms with van der Waals surface area (Å²) in [5, 5.41) is 12.8. The molecule has 158 valence electrons. The van der Waals surface area contributed by atoms with Crippen LogP contribution in [0.4, 0.5) is 0 Å². The predicted octanol–water partition coefficient (Wildman–Crippen LogP) is 3.18. The first kappa shape index (κ1) is 23.0. The number of hydrogen-bond acceptors (Lipinski definition) is 6. The highest BCUT2D eigenvalue weighted by Gasteiger charge is 2.13. The Morgan fingerprint density at radius 2 is 2.03 bits per heavy atom. The largest absolute Gasteiger partial charge is 0.493 e. The fraction of sp³-hybridized carbons (Fsp3) is 0.190. The van der Waals surface area contributed by atoms with Crippen LogP contribution in [0, 0.1) is 0 Å². The van der Waals surface area contributed by atoms with E-state index in [0.717, 1.165) is 4.47 Å². The minimum absolute atomic E-state index is 0.194. The predicted molar refractivity (Wildman–Crippen MR) is 115 cm³/mol. The maximum Gasteiger partial charge on any atom is 0.341 e. The van der Waals surface area contributed by atoms with Gasteiger partial charge < -0.3 is 19.3 Å². The summed E-state index contributed by atoms with van der Waals surface area (Å²) in [7, 11) is 1.45. The van der Waals surface area contributed by atoms with Crippen LogP contribution in [0.3, 0.4) is 0 Å². The van der Waals surface area contributed by atoms with Crippen molar-refractivity contribution < 1.29 is 28.9 Å². The highest BCUT2D eigenvalue weighted by atomic mass is 79.9. The molecule has 0 spiro atoms. The Bertz CT molecular complexity index is 945. The quantitative estimate of drug-likeness (QED) is 0.293. The van der Waals surface area contributed by atoms with Crippen molar-refractivity contribution in [2.45, 2.75) is 6.42 Å². The van der Waals surface area contributed by atoms with E-state index < -0.39 is 18.5 Å². The molecule has 0 bridgehead atoms. The maximum atomic E-state index is 11.9. The first-order chi connectivity index (χ1) is 14.4. The van der Waals surface area contributed by atoms with E-state index in [1.165, 1.54) is 13.3 Å². The second-order valence-electron chi connectivity index (χ2n) is 5.93. The second kappa shape index (κ2) is 11.6. The van der Waals surface area contributed by atoms with E-state index in [1.54, 1.807) is 36.4 Å². The zero-order valence-corrected chi connectivity index (χ0v) is 17.8. The molecule has 2 rings (SSSR count). The molecule has 0 radical (unpaired) electrons.